The first-order chi connectivity index (χ1) is 8.08. The zero-order valence-electron chi connectivity index (χ0n) is 12.7. The molecule has 104 valence electrons. The molecular formula is C15H28O2Si. The Kier molecular flexibility index (Phi) is 3.32. The van der Waals surface area contributed by atoms with E-state index in [2.05, 4.69) is 46.9 Å². The summed E-state index contributed by atoms with van der Waals surface area (Å²) in [4.78, 5) is 0. The Bertz CT molecular complexity index is 367. The van der Waals surface area contributed by atoms with Gasteiger partial charge in [-0.1, -0.05) is 26.8 Å². The summed E-state index contributed by atoms with van der Waals surface area (Å²) in [6, 6.07) is 0. The van der Waals surface area contributed by atoms with Gasteiger partial charge in [0.05, 0.1) is 11.7 Å². The van der Waals surface area contributed by atoms with Crippen LogP contribution in [-0.2, 0) is 4.43 Å². The second-order valence-corrected chi connectivity index (χ2v) is 12.4. The summed E-state index contributed by atoms with van der Waals surface area (Å²) in [6.07, 6.45) is 5.47. The first kappa shape index (κ1) is 14.3. The van der Waals surface area contributed by atoms with Crippen molar-refractivity contribution in [3.63, 3.8) is 0 Å². The summed E-state index contributed by atoms with van der Waals surface area (Å²) in [7, 11) is -1.75. The van der Waals surface area contributed by atoms with Crippen LogP contribution in [0.5, 0.6) is 0 Å². The second kappa shape index (κ2) is 4.19. The van der Waals surface area contributed by atoms with Gasteiger partial charge in [0.1, 0.15) is 0 Å². The molecule has 0 bridgehead atoms. The largest absolute Gasteiger partial charge is 0.410 e. The highest BCUT2D eigenvalue weighted by Crippen LogP contribution is 2.50. The molecule has 1 fully saturated rings. The predicted octanol–water partition coefficient (Wildman–Crippen LogP) is 3.87. The standard InChI is InChI=1S/C15H28O2Si/c1-11-10-13(12-8-7-9-15(11,12)16)17-18(5,6)14(2,3)4/h10,12-13,16H,7-9H2,1-6H3/t12-,13?,15-/m0/s1. The van der Waals surface area contributed by atoms with Crippen LogP contribution in [0.3, 0.4) is 0 Å². The van der Waals surface area contributed by atoms with E-state index < -0.39 is 13.9 Å². The Morgan fingerprint density at radius 3 is 2.56 bits per heavy atom. The van der Waals surface area contributed by atoms with E-state index in [1.54, 1.807) is 0 Å². The molecule has 3 heteroatoms. The maximum absolute atomic E-state index is 10.7. The minimum atomic E-state index is -1.75. The van der Waals surface area contributed by atoms with E-state index >= 15 is 0 Å². The van der Waals surface area contributed by atoms with Crippen LogP contribution in [0.2, 0.25) is 18.1 Å². The fourth-order valence-electron chi connectivity index (χ4n) is 3.08. The fraction of sp³-hybridized carbons (Fsp3) is 0.867. The molecule has 0 aliphatic heterocycles. The molecule has 0 aromatic heterocycles. The highest BCUT2D eigenvalue weighted by atomic mass is 28.4. The fourth-order valence-corrected chi connectivity index (χ4v) is 4.35. The van der Waals surface area contributed by atoms with E-state index in [1.165, 1.54) is 0 Å². The molecule has 0 radical (unpaired) electrons. The van der Waals surface area contributed by atoms with Crippen LogP contribution in [0, 0.1) is 5.92 Å². The molecule has 18 heavy (non-hydrogen) atoms. The van der Waals surface area contributed by atoms with Crippen LogP contribution in [0.15, 0.2) is 11.6 Å². The Morgan fingerprint density at radius 2 is 2.00 bits per heavy atom. The molecule has 0 heterocycles. The van der Waals surface area contributed by atoms with E-state index in [4.69, 9.17) is 4.43 Å². The number of fused-ring (bicyclic) bond motifs is 1. The van der Waals surface area contributed by atoms with Crippen molar-refractivity contribution in [2.75, 3.05) is 0 Å². The van der Waals surface area contributed by atoms with Gasteiger partial charge in [-0.25, -0.2) is 0 Å². The van der Waals surface area contributed by atoms with Crippen molar-refractivity contribution in [1.29, 1.82) is 0 Å². The Hall–Kier alpha value is -0.123. The smallest absolute Gasteiger partial charge is 0.192 e. The lowest BCUT2D eigenvalue weighted by Gasteiger charge is -2.40. The highest BCUT2D eigenvalue weighted by Gasteiger charge is 2.52. The summed E-state index contributed by atoms with van der Waals surface area (Å²) >= 11 is 0. The van der Waals surface area contributed by atoms with E-state index in [0.717, 1.165) is 24.8 Å². The first-order valence-electron chi connectivity index (χ1n) is 7.17. The summed E-state index contributed by atoms with van der Waals surface area (Å²) in [5.41, 5.74) is 0.571. The lowest BCUT2D eigenvalue weighted by molar-refractivity contribution is 0.0133. The monoisotopic (exact) mass is 268 g/mol. The average Bonchev–Trinajstić information content (AvgIpc) is 2.66. The van der Waals surface area contributed by atoms with Gasteiger partial charge in [0.2, 0.25) is 0 Å². The maximum Gasteiger partial charge on any atom is 0.192 e. The van der Waals surface area contributed by atoms with Crippen LogP contribution < -0.4 is 0 Å². The Morgan fingerprint density at radius 1 is 1.39 bits per heavy atom. The van der Waals surface area contributed by atoms with Crippen LogP contribution in [-0.4, -0.2) is 25.1 Å². The van der Waals surface area contributed by atoms with Gasteiger partial charge in [-0.3, -0.25) is 0 Å². The van der Waals surface area contributed by atoms with Gasteiger partial charge in [0, 0.05) is 5.92 Å². The molecule has 0 aromatic carbocycles. The van der Waals surface area contributed by atoms with Gasteiger partial charge in [-0.2, -0.15) is 0 Å². The quantitative estimate of drug-likeness (QED) is 0.608. The van der Waals surface area contributed by atoms with E-state index in [1.807, 2.05) is 0 Å². The molecule has 0 aromatic rings. The Balaban J connectivity index is 2.17. The van der Waals surface area contributed by atoms with Crippen molar-refractivity contribution >= 4 is 8.32 Å². The van der Waals surface area contributed by atoms with E-state index in [0.29, 0.717) is 5.92 Å². The van der Waals surface area contributed by atoms with Crippen LogP contribution in [0.1, 0.15) is 47.0 Å². The summed E-state index contributed by atoms with van der Waals surface area (Å²) in [6.45, 7) is 13.5. The lowest BCUT2D eigenvalue weighted by atomic mass is 9.89. The number of hydrogen-bond acceptors (Lipinski definition) is 2. The van der Waals surface area contributed by atoms with Gasteiger partial charge in [0.25, 0.3) is 0 Å². The molecule has 1 N–H and O–H groups in total. The van der Waals surface area contributed by atoms with Crippen LogP contribution in [0.25, 0.3) is 0 Å². The molecule has 0 spiro atoms. The molecule has 2 aliphatic rings. The third-order valence-corrected chi connectivity index (χ3v) is 9.89. The highest BCUT2D eigenvalue weighted by molar-refractivity contribution is 6.74. The zero-order valence-corrected chi connectivity index (χ0v) is 13.7. The minimum Gasteiger partial charge on any atom is -0.410 e. The molecule has 2 rings (SSSR count). The van der Waals surface area contributed by atoms with Crippen molar-refractivity contribution in [2.45, 2.75) is 76.8 Å². The SMILES string of the molecule is CC1=CC(O[Si](C)(C)C(C)(C)C)[C@@H]2CCC[C@]12O. The molecule has 0 amide bonds. The van der Waals surface area contributed by atoms with Crippen molar-refractivity contribution < 1.29 is 9.53 Å². The van der Waals surface area contributed by atoms with E-state index in [-0.39, 0.29) is 11.1 Å². The number of hydrogen-bond donors (Lipinski definition) is 1. The van der Waals surface area contributed by atoms with Gasteiger partial charge >= 0.3 is 0 Å². The molecule has 2 aliphatic carbocycles. The van der Waals surface area contributed by atoms with Crippen molar-refractivity contribution in [3.8, 4) is 0 Å². The number of aliphatic hydroxyl groups is 1. The topological polar surface area (TPSA) is 29.5 Å². The first-order valence-corrected chi connectivity index (χ1v) is 10.1. The summed E-state index contributed by atoms with van der Waals surface area (Å²) in [5.74, 6) is 0.298. The normalized spacial score (nSPS) is 36.7. The Labute approximate surface area is 113 Å². The van der Waals surface area contributed by atoms with Gasteiger partial charge in [-0.15, -0.1) is 0 Å². The van der Waals surface area contributed by atoms with Gasteiger partial charge in [-0.05, 0) is 49.9 Å². The van der Waals surface area contributed by atoms with Crippen molar-refractivity contribution in [3.05, 3.63) is 11.6 Å². The zero-order chi connectivity index (χ0) is 13.8. The molecule has 3 atom stereocenters. The molecule has 2 nitrogen and oxygen atoms in total. The lowest BCUT2D eigenvalue weighted by Crippen LogP contribution is -2.46. The van der Waals surface area contributed by atoms with E-state index in [9.17, 15) is 5.11 Å². The minimum absolute atomic E-state index is 0.137. The van der Waals surface area contributed by atoms with Crippen molar-refractivity contribution in [2.24, 2.45) is 5.92 Å². The molecule has 1 saturated carbocycles. The van der Waals surface area contributed by atoms with Gasteiger partial charge < -0.3 is 9.53 Å². The summed E-state index contributed by atoms with van der Waals surface area (Å²) in [5, 5.41) is 11.0. The second-order valence-electron chi connectivity index (χ2n) is 7.62. The molecular weight excluding hydrogens is 240 g/mol. The third-order valence-electron chi connectivity index (χ3n) is 5.42. The predicted molar refractivity (Wildman–Crippen MR) is 78.1 cm³/mol. The van der Waals surface area contributed by atoms with Gasteiger partial charge in [0.15, 0.2) is 8.32 Å². The molecule has 1 unspecified atom stereocenters. The average molecular weight is 268 g/mol. The third kappa shape index (κ3) is 2.10. The van der Waals surface area contributed by atoms with Crippen LogP contribution >= 0.6 is 0 Å². The van der Waals surface area contributed by atoms with Crippen molar-refractivity contribution in [1.82, 2.24) is 0 Å². The van der Waals surface area contributed by atoms with Crippen LogP contribution in [0.4, 0.5) is 0 Å². The maximum atomic E-state index is 10.7. The molecule has 0 saturated heterocycles. The number of rotatable bonds is 2. The summed E-state index contributed by atoms with van der Waals surface area (Å²) < 4.78 is 6.52.